The van der Waals surface area contributed by atoms with Gasteiger partial charge in [-0.3, -0.25) is 0 Å². The van der Waals surface area contributed by atoms with Crippen LogP contribution in [0, 0.1) is 0 Å². The molecule has 0 amide bonds. The molecule has 98 valence electrons. The maximum atomic E-state index is 12.6. The first-order valence-electron chi connectivity index (χ1n) is 4.58. The van der Waals surface area contributed by atoms with Gasteiger partial charge in [0.15, 0.2) is 5.84 Å². The number of carbonyl (C=O) groups is 1. The number of halogens is 3. The number of hydrogen-bond acceptors (Lipinski definition) is 4. The number of alkyl halides is 3. The van der Waals surface area contributed by atoms with Crippen LogP contribution in [0.15, 0.2) is 23.4 Å². The van der Waals surface area contributed by atoms with Crippen molar-refractivity contribution in [2.24, 2.45) is 10.9 Å². The highest BCUT2D eigenvalue weighted by Gasteiger charge is 2.35. The van der Waals surface area contributed by atoms with Crippen molar-refractivity contribution in [3.05, 3.63) is 34.9 Å². The van der Waals surface area contributed by atoms with Gasteiger partial charge in [0.25, 0.3) is 0 Å². The van der Waals surface area contributed by atoms with E-state index in [1.54, 1.807) is 0 Å². The number of benzene rings is 1. The van der Waals surface area contributed by atoms with Crippen LogP contribution in [0.3, 0.4) is 0 Å². The molecule has 0 radical (unpaired) electrons. The van der Waals surface area contributed by atoms with Gasteiger partial charge < -0.3 is 15.7 Å². The standard InChI is InChI=1S/C10H9F3N2O3/c1-18-9(16)6-4-5(8(14)15-17)2-3-7(6)10(11,12)13/h2-4,17H,1H3,(H2,14,15). The zero-order valence-electron chi connectivity index (χ0n) is 9.15. The molecule has 0 unspecified atom stereocenters. The van der Waals surface area contributed by atoms with E-state index in [0.29, 0.717) is 6.07 Å². The topological polar surface area (TPSA) is 84.9 Å². The van der Waals surface area contributed by atoms with Crippen molar-refractivity contribution in [3.8, 4) is 0 Å². The fourth-order valence-electron chi connectivity index (χ4n) is 1.29. The lowest BCUT2D eigenvalue weighted by Gasteiger charge is -2.12. The first kappa shape index (κ1) is 13.8. The second-order valence-electron chi connectivity index (χ2n) is 3.23. The minimum absolute atomic E-state index is 0.0223. The third kappa shape index (κ3) is 2.70. The minimum Gasteiger partial charge on any atom is -0.465 e. The van der Waals surface area contributed by atoms with Crippen LogP contribution < -0.4 is 5.73 Å². The van der Waals surface area contributed by atoms with Gasteiger partial charge in [-0.2, -0.15) is 13.2 Å². The van der Waals surface area contributed by atoms with Crippen LogP contribution in [0.2, 0.25) is 0 Å². The van der Waals surface area contributed by atoms with Gasteiger partial charge in [0.2, 0.25) is 0 Å². The van der Waals surface area contributed by atoms with Gasteiger partial charge >= 0.3 is 12.1 Å². The van der Waals surface area contributed by atoms with E-state index in [4.69, 9.17) is 10.9 Å². The summed E-state index contributed by atoms with van der Waals surface area (Å²) in [7, 11) is 0.957. The maximum Gasteiger partial charge on any atom is 0.417 e. The Morgan fingerprint density at radius 1 is 1.44 bits per heavy atom. The largest absolute Gasteiger partial charge is 0.465 e. The number of esters is 1. The van der Waals surface area contributed by atoms with Crippen LogP contribution in [-0.2, 0) is 10.9 Å². The summed E-state index contributed by atoms with van der Waals surface area (Å²) in [6.45, 7) is 0. The molecule has 0 aliphatic carbocycles. The Labute approximate surface area is 99.6 Å². The molecule has 0 heterocycles. The zero-order valence-corrected chi connectivity index (χ0v) is 9.15. The van der Waals surface area contributed by atoms with E-state index in [0.717, 1.165) is 19.2 Å². The first-order chi connectivity index (χ1) is 8.31. The van der Waals surface area contributed by atoms with Crippen molar-refractivity contribution in [3.63, 3.8) is 0 Å². The third-order valence-electron chi connectivity index (χ3n) is 2.13. The summed E-state index contributed by atoms with van der Waals surface area (Å²) < 4.78 is 42.2. The molecule has 18 heavy (non-hydrogen) atoms. The van der Waals surface area contributed by atoms with Crippen LogP contribution in [0.4, 0.5) is 13.2 Å². The number of methoxy groups -OCH3 is 1. The number of rotatable bonds is 2. The number of nitrogens with two attached hydrogens (primary N) is 1. The van der Waals surface area contributed by atoms with Crippen LogP contribution in [0.25, 0.3) is 0 Å². The molecule has 3 N–H and O–H groups in total. The average Bonchev–Trinajstić information content (AvgIpc) is 2.35. The van der Waals surface area contributed by atoms with Gasteiger partial charge in [0.1, 0.15) is 0 Å². The van der Waals surface area contributed by atoms with Gasteiger partial charge in [-0.15, -0.1) is 0 Å². The highest BCUT2D eigenvalue weighted by atomic mass is 19.4. The molecule has 0 spiro atoms. The van der Waals surface area contributed by atoms with Gasteiger partial charge in [0, 0.05) is 5.56 Å². The van der Waals surface area contributed by atoms with E-state index in [1.807, 2.05) is 0 Å². The second kappa shape index (κ2) is 4.94. The van der Waals surface area contributed by atoms with Crippen LogP contribution in [0.1, 0.15) is 21.5 Å². The molecule has 0 bridgehead atoms. The lowest BCUT2D eigenvalue weighted by Crippen LogP contribution is -2.18. The Bertz CT molecular complexity index is 498. The number of nitrogens with zero attached hydrogens (tertiary/aromatic N) is 1. The van der Waals surface area contributed by atoms with Gasteiger partial charge in [0.05, 0.1) is 18.2 Å². The summed E-state index contributed by atoms with van der Waals surface area (Å²) in [6, 6.07) is 2.51. The van der Waals surface area contributed by atoms with Crippen molar-refractivity contribution >= 4 is 11.8 Å². The number of amidine groups is 1. The highest BCUT2D eigenvalue weighted by molar-refractivity contribution is 6.00. The number of oxime groups is 1. The van der Waals surface area contributed by atoms with Crippen LogP contribution >= 0.6 is 0 Å². The molecule has 1 aromatic rings. The molecule has 0 aliphatic rings. The molecule has 0 fully saturated rings. The number of carbonyl (C=O) groups excluding carboxylic acids is 1. The quantitative estimate of drug-likeness (QED) is 0.278. The molecule has 8 heteroatoms. The molecular weight excluding hydrogens is 253 g/mol. The number of ether oxygens (including phenoxy) is 1. The maximum absolute atomic E-state index is 12.6. The Balaban J connectivity index is 3.44. The zero-order chi connectivity index (χ0) is 13.9. The molecule has 1 aromatic carbocycles. The summed E-state index contributed by atoms with van der Waals surface area (Å²) in [4.78, 5) is 11.3. The first-order valence-corrected chi connectivity index (χ1v) is 4.58. The fourth-order valence-corrected chi connectivity index (χ4v) is 1.29. The monoisotopic (exact) mass is 262 g/mol. The van der Waals surface area contributed by atoms with Crippen molar-refractivity contribution in [2.45, 2.75) is 6.18 Å². The Hall–Kier alpha value is -2.25. The van der Waals surface area contributed by atoms with E-state index >= 15 is 0 Å². The van der Waals surface area contributed by atoms with E-state index in [2.05, 4.69) is 9.89 Å². The number of hydrogen-bond donors (Lipinski definition) is 2. The molecule has 0 atom stereocenters. The smallest absolute Gasteiger partial charge is 0.417 e. The Kier molecular flexibility index (Phi) is 3.79. The van der Waals surface area contributed by atoms with Crippen molar-refractivity contribution < 1.29 is 27.9 Å². The molecule has 0 saturated carbocycles. The SMILES string of the molecule is COC(=O)c1cc(/C(N)=N/O)ccc1C(F)(F)F. The van der Waals surface area contributed by atoms with Crippen molar-refractivity contribution in [1.29, 1.82) is 0 Å². The van der Waals surface area contributed by atoms with E-state index in [-0.39, 0.29) is 5.56 Å². The molecule has 1 rings (SSSR count). The normalized spacial score (nSPS) is 12.3. The van der Waals surface area contributed by atoms with Crippen molar-refractivity contribution in [1.82, 2.24) is 0 Å². The van der Waals surface area contributed by atoms with Crippen LogP contribution in [0.5, 0.6) is 0 Å². The fraction of sp³-hybridized carbons (Fsp3) is 0.200. The predicted octanol–water partition coefficient (Wildman–Crippen LogP) is 1.59. The van der Waals surface area contributed by atoms with E-state index < -0.39 is 29.1 Å². The molecular formula is C10H9F3N2O3. The molecule has 0 aliphatic heterocycles. The third-order valence-corrected chi connectivity index (χ3v) is 2.13. The Morgan fingerprint density at radius 3 is 2.50 bits per heavy atom. The minimum atomic E-state index is -4.70. The molecule has 0 saturated heterocycles. The van der Waals surface area contributed by atoms with Gasteiger partial charge in [-0.1, -0.05) is 11.2 Å². The van der Waals surface area contributed by atoms with Gasteiger partial charge in [-0.05, 0) is 12.1 Å². The summed E-state index contributed by atoms with van der Waals surface area (Å²) in [5.74, 6) is -1.57. The molecule has 0 aromatic heterocycles. The van der Waals surface area contributed by atoms with Crippen molar-refractivity contribution in [2.75, 3.05) is 7.11 Å². The van der Waals surface area contributed by atoms with Crippen LogP contribution in [-0.4, -0.2) is 24.1 Å². The molecule has 5 nitrogen and oxygen atoms in total. The average molecular weight is 262 g/mol. The second-order valence-corrected chi connectivity index (χ2v) is 3.23. The van der Waals surface area contributed by atoms with Gasteiger partial charge in [-0.25, -0.2) is 4.79 Å². The highest BCUT2D eigenvalue weighted by Crippen LogP contribution is 2.32. The Morgan fingerprint density at radius 2 is 2.06 bits per heavy atom. The summed E-state index contributed by atoms with van der Waals surface area (Å²) in [6.07, 6.45) is -4.70. The lowest BCUT2D eigenvalue weighted by atomic mass is 10.0. The summed E-state index contributed by atoms with van der Waals surface area (Å²) in [5.41, 5.74) is 3.36. The summed E-state index contributed by atoms with van der Waals surface area (Å²) >= 11 is 0. The summed E-state index contributed by atoms with van der Waals surface area (Å²) in [5, 5.41) is 11.1. The lowest BCUT2D eigenvalue weighted by molar-refractivity contribution is -0.138. The van der Waals surface area contributed by atoms with E-state index in [9.17, 15) is 18.0 Å². The predicted molar refractivity (Wildman–Crippen MR) is 55.3 cm³/mol. The van der Waals surface area contributed by atoms with E-state index in [1.165, 1.54) is 0 Å².